The Kier molecular flexibility index (Phi) is 11.7. The Balaban J connectivity index is 3.15. The van der Waals surface area contributed by atoms with Gasteiger partial charge < -0.3 is 37.0 Å². The molecule has 0 saturated carbocycles. The number of carboxylic acids is 2. The smallest absolute Gasteiger partial charge is 0.326 e. The van der Waals surface area contributed by atoms with Crippen LogP contribution in [0.5, 0.6) is 0 Å². The van der Waals surface area contributed by atoms with Gasteiger partial charge in [-0.3, -0.25) is 19.2 Å². The van der Waals surface area contributed by atoms with E-state index < -0.39 is 66.9 Å². The summed E-state index contributed by atoms with van der Waals surface area (Å²) in [6.07, 6.45) is -0.380. The Morgan fingerprint density at radius 2 is 1.50 bits per heavy atom. The second-order valence-corrected chi connectivity index (χ2v) is 7.91. The minimum Gasteiger partial charge on any atom is -0.481 e. The second-order valence-electron chi connectivity index (χ2n) is 7.91. The van der Waals surface area contributed by atoms with Crippen LogP contribution in [0, 0.1) is 5.92 Å². The quantitative estimate of drug-likeness (QED) is 0.167. The third kappa shape index (κ3) is 9.16. The minimum absolute atomic E-state index is 0.0187. The van der Waals surface area contributed by atoms with Gasteiger partial charge in [0.2, 0.25) is 17.7 Å². The largest absolute Gasteiger partial charge is 0.481 e. The van der Waals surface area contributed by atoms with Crippen molar-refractivity contribution < 1.29 is 39.3 Å². The van der Waals surface area contributed by atoms with E-state index in [4.69, 9.17) is 15.9 Å². The van der Waals surface area contributed by atoms with Gasteiger partial charge in [-0.1, -0.05) is 50.6 Å². The molecule has 1 aromatic carbocycles. The topological polar surface area (TPSA) is 208 Å². The summed E-state index contributed by atoms with van der Waals surface area (Å²) in [5, 5.41) is 34.4. The van der Waals surface area contributed by atoms with Gasteiger partial charge in [0.05, 0.1) is 13.0 Å². The standard InChI is InChI=1S/C22H32N4O8/c1-3-12(2)18(26-19(30)14(23)11-27)21(32)24-15(9-13-7-5-4-6-8-13)20(31)25-16(22(33)34)10-17(28)29/h4-8,12,14-16,18,27H,3,9-11,23H2,1-2H3,(H,24,32)(H,25,31)(H,26,30)(H,28,29)(H,33,34). The molecule has 8 N–H and O–H groups in total. The van der Waals surface area contributed by atoms with Crippen LogP contribution in [0.2, 0.25) is 0 Å². The van der Waals surface area contributed by atoms with Gasteiger partial charge in [0, 0.05) is 6.42 Å². The summed E-state index contributed by atoms with van der Waals surface area (Å²) in [4.78, 5) is 60.5. The number of nitrogens with one attached hydrogen (secondary N) is 3. The maximum atomic E-state index is 13.1. The van der Waals surface area contributed by atoms with E-state index in [-0.39, 0.29) is 12.3 Å². The molecule has 0 saturated heterocycles. The number of hydrogen-bond acceptors (Lipinski definition) is 7. The minimum atomic E-state index is -1.70. The normalized spacial score (nSPS) is 15.2. The highest BCUT2D eigenvalue weighted by molar-refractivity contribution is 5.94. The van der Waals surface area contributed by atoms with Crippen LogP contribution >= 0.6 is 0 Å². The lowest BCUT2D eigenvalue weighted by Gasteiger charge is -2.27. The highest BCUT2D eigenvalue weighted by Gasteiger charge is 2.33. The Labute approximate surface area is 196 Å². The predicted molar refractivity (Wildman–Crippen MR) is 120 cm³/mol. The summed E-state index contributed by atoms with van der Waals surface area (Å²) >= 11 is 0. The second kappa shape index (κ2) is 13.9. The van der Waals surface area contributed by atoms with Crippen LogP contribution in [-0.4, -0.2) is 75.8 Å². The van der Waals surface area contributed by atoms with Gasteiger partial charge in [0.25, 0.3) is 0 Å². The molecule has 0 fully saturated rings. The van der Waals surface area contributed by atoms with Crippen molar-refractivity contribution in [3.8, 4) is 0 Å². The number of carbonyl (C=O) groups is 5. The van der Waals surface area contributed by atoms with E-state index in [9.17, 15) is 29.1 Å². The molecule has 5 unspecified atom stereocenters. The molecule has 5 atom stereocenters. The number of hydrogen-bond donors (Lipinski definition) is 7. The molecule has 1 rings (SSSR count). The van der Waals surface area contributed by atoms with Gasteiger partial charge in [-0.15, -0.1) is 0 Å². The first-order valence-corrected chi connectivity index (χ1v) is 10.8. The fraction of sp³-hybridized carbons (Fsp3) is 0.500. The van der Waals surface area contributed by atoms with E-state index in [0.717, 1.165) is 0 Å². The van der Waals surface area contributed by atoms with Crippen LogP contribution < -0.4 is 21.7 Å². The van der Waals surface area contributed by atoms with Crippen LogP contribution in [0.25, 0.3) is 0 Å². The van der Waals surface area contributed by atoms with Gasteiger partial charge >= 0.3 is 11.9 Å². The number of benzene rings is 1. The summed E-state index contributed by atoms with van der Waals surface area (Å²) in [6, 6.07) is 3.30. The monoisotopic (exact) mass is 480 g/mol. The molecular formula is C22H32N4O8. The van der Waals surface area contributed by atoms with E-state index in [0.29, 0.717) is 12.0 Å². The molecule has 12 nitrogen and oxygen atoms in total. The summed E-state index contributed by atoms with van der Waals surface area (Å²) in [7, 11) is 0. The number of aliphatic carboxylic acids is 2. The molecule has 0 aliphatic rings. The summed E-state index contributed by atoms with van der Waals surface area (Å²) in [6.45, 7) is 2.87. The average molecular weight is 481 g/mol. The number of carboxylic acid groups (broad SMARTS) is 2. The number of aliphatic hydroxyl groups is 1. The van der Waals surface area contributed by atoms with Crippen LogP contribution in [0.3, 0.4) is 0 Å². The first kappa shape index (κ1) is 28.5. The molecule has 1 aromatic rings. The molecule has 3 amide bonds. The molecule has 0 bridgehead atoms. The Hall–Kier alpha value is -3.51. The highest BCUT2D eigenvalue weighted by Crippen LogP contribution is 2.11. The van der Waals surface area contributed by atoms with Gasteiger partial charge in [-0.2, -0.15) is 0 Å². The van der Waals surface area contributed by atoms with Crippen molar-refractivity contribution in [1.29, 1.82) is 0 Å². The van der Waals surface area contributed by atoms with E-state index in [2.05, 4.69) is 16.0 Å². The van der Waals surface area contributed by atoms with E-state index in [1.807, 2.05) is 0 Å². The lowest BCUT2D eigenvalue weighted by molar-refractivity contribution is -0.147. The van der Waals surface area contributed by atoms with Crippen molar-refractivity contribution in [1.82, 2.24) is 16.0 Å². The molecule has 0 radical (unpaired) electrons. The zero-order valence-corrected chi connectivity index (χ0v) is 19.1. The molecule has 0 heterocycles. The third-order valence-electron chi connectivity index (χ3n) is 5.24. The maximum Gasteiger partial charge on any atom is 0.326 e. The number of aliphatic hydroxyl groups excluding tert-OH is 1. The van der Waals surface area contributed by atoms with Crippen LogP contribution in [-0.2, 0) is 30.4 Å². The summed E-state index contributed by atoms with van der Waals surface area (Å²) < 4.78 is 0. The predicted octanol–water partition coefficient (Wildman–Crippen LogP) is -1.39. The van der Waals surface area contributed by atoms with Crippen molar-refractivity contribution in [3.05, 3.63) is 35.9 Å². The number of carbonyl (C=O) groups excluding carboxylic acids is 3. The SMILES string of the molecule is CCC(C)C(NC(=O)C(N)CO)C(=O)NC(Cc1ccccc1)C(=O)NC(CC(=O)O)C(=O)O. The van der Waals surface area contributed by atoms with Crippen molar-refractivity contribution >= 4 is 29.7 Å². The molecular weight excluding hydrogens is 448 g/mol. The molecule has 12 heteroatoms. The number of amides is 3. The van der Waals surface area contributed by atoms with Gasteiger partial charge in [0.15, 0.2) is 0 Å². The zero-order chi connectivity index (χ0) is 25.8. The lowest BCUT2D eigenvalue weighted by atomic mass is 9.96. The molecule has 0 aliphatic heterocycles. The number of rotatable bonds is 14. The fourth-order valence-corrected chi connectivity index (χ4v) is 3.01. The van der Waals surface area contributed by atoms with Gasteiger partial charge in [-0.05, 0) is 11.5 Å². The summed E-state index contributed by atoms with van der Waals surface area (Å²) in [5.41, 5.74) is 6.17. The van der Waals surface area contributed by atoms with Crippen molar-refractivity contribution in [2.24, 2.45) is 11.7 Å². The molecule has 188 valence electrons. The fourth-order valence-electron chi connectivity index (χ4n) is 3.01. The third-order valence-corrected chi connectivity index (χ3v) is 5.24. The Morgan fingerprint density at radius 3 is 2.00 bits per heavy atom. The van der Waals surface area contributed by atoms with Gasteiger partial charge in [-0.25, -0.2) is 4.79 Å². The van der Waals surface area contributed by atoms with Crippen molar-refractivity contribution in [3.63, 3.8) is 0 Å². The first-order valence-electron chi connectivity index (χ1n) is 10.8. The Bertz CT molecular complexity index is 864. The summed E-state index contributed by atoms with van der Waals surface area (Å²) in [5.74, 6) is -5.69. The zero-order valence-electron chi connectivity index (χ0n) is 19.1. The van der Waals surface area contributed by atoms with E-state index in [1.54, 1.807) is 44.2 Å². The first-order chi connectivity index (χ1) is 16.0. The van der Waals surface area contributed by atoms with Gasteiger partial charge in [0.1, 0.15) is 24.2 Å². The van der Waals surface area contributed by atoms with Crippen molar-refractivity contribution in [2.75, 3.05) is 6.61 Å². The van der Waals surface area contributed by atoms with Crippen LogP contribution in [0.4, 0.5) is 0 Å². The lowest BCUT2D eigenvalue weighted by Crippen LogP contribution is -2.59. The number of nitrogens with two attached hydrogens (primary N) is 1. The van der Waals surface area contributed by atoms with Crippen LogP contribution in [0.15, 0.2) is 30.3 Å². The van der Waals surface area contributed by atoms with E-state index >= 15 is 0 Å². The Morgan fingerprint density at radius 1 is 0.912 bits per heavy atom. The molecule has 0 aromatic heterocycles. The molecule has 0 spiro atoms. The van der Waals surface area contributed by atoms with Crippen LogP contribution in [0.1, 0.15) is 32.3 Å². The van der Waals surface area contributed by atoms with E-state index in [1.165, 1.54) is 0 Å². The average Bonchev–Trinajstić information content (AvgIpc) is 2.80. The maximum absolute atomic E-state index is 13.1. The highest BCUT2D eigenvalue weighted by atomic mass is 16.4. The van der Waals surface area contributed by atoms with Crippen molar-refractivity contribution in [2.45, 2.75) is 57.3 Å². The molecule has 0 aliphatic carbocycles. The molecule has 34 heavy (non-hydrogen) atoms.